The van der Waals surface area contributed by atoms with E-state index in [0.717, 1.165) is 16.8 Å². The third kappa shape index (κ3) is 4.46. The maximum absolute atomic E-state index is 13.2. The van der Waals surface area contributed by atoms with Crippen LogP contribution in [0, 0.1) is 17.0 Å². The van der Waals surface area contributed by atoms with Crippen molar-refractivity contribution in [2.24, 2.45) is 0 Å². The Balaban J connectivity index is 1.38. The van der Waals surface area contributed by atoms with Gasteiger partial charge in [0.2, 0.25) is 0 Å². The number of hydrogen-bond donors (Lipinski definition) is 1. The molecular weight excluding hydrogens is 462 g/mol. The number of pyridine rings is 1. The number of hydrogen-bond acceptors (Lipinski definition) is 7. The number of ether oxygens (including phenoxy) is 1. The van der Waals surface area contributed by atoms with Crippen molar-refractivity contribution in [2.75, 3.05) is 11.9 Å². The zero-order valence-corrected chi connectivity index (χ0v) is 19.3. The van der Waals surface area contributed by atoms with Gasteiger partial charge < -0.3 is 14.5 Å². The van der Waals surface area contributed by atoms with E-state index in [-0.39, 0.29) is 5.69 Å². The van der Waals surface area contributed by atoms with Crippen molar-refractivity contribution in [1.82, 2.24) is 4.98 Å². The number of nitro groups is 1. The van der Waals surface area contributed by atoms with Gasteiger partial charge in [-0.25, -0.2) is 9.78 Å². The Bertz CT molecular complexity index is 1540. The number of nitrogens with one attached hydrogen (secondary N) is 1. The number of carbonyl (C=O) groups excluding carboxylic acids is 2. The van der Waals surface area contributed by atoms with Crippen molar-refractivity contribution in [3.05, 3.63) is 99.1 Å². The molecular formula is C27H21N3O6. The van der Waals surface area contributed by atoms with Gasteiger partial charge in [-0.15, -0.1) is 0 Å². The highest BCUT2D eigenvalue weighted by Gasteiger charge is 2.28. The predicted molar refractivity (Wildman–Crippen MR) is 133 cm³/mol. The lowest BCUT2D eigenvalue weighted by Crippen LogP contribution is -2.22. The lowest BCUT2D eigenvalue weighted by molar-refractivity contribution is -0.384. The van der Waals surface area contributed by atoms with Gasteiger partial charge in [0.1, 0.15) is 5.76 Å². The molecule has 1 aliphatic rings. The lowest BCUT2D eigenvalue weighted by Gasteiger charge is -2.13. The first-order valence-corrected chi connectivity index (χ1v) is 11.3. The van der Waals surface area contributed by atoms with Crippen LogP contribution in [0.4, 0.5) is 11.4 Å². The summed E-state index contributed by atoms with van der Waals surface area (Å²) >= 11 is 0. The average molecular weight is 483 g/mol. The highest BCUT2D eigenvalue weighted by Crippen LogP contribution is 2.37. The standard InChI is InChI=1S/C27H21N3O6/c1-16-13-18(30(33)34)9-11-22(16)28-24(31)15-36-27(32)25-20-6-2-3-7-23(20)29-26-17(8-10-21(25)26)14-19-5-4-12-35-19/h2-7,9,11-14H,8,10,15H2,1H3,(H,28,31)/b17-14-. The van der Waals surface area contributed by atoms with E-state index in [9.17, 15) is 19.7 Å². The number of amides is 1. The van der Waals surface area contributed by atoms with Crippen LogP contribution in [-0.4, -0.2) is 28.4 Å². The Hall–Kier alpha value is -4.79. The minimum atomic E-state index is -0.611. The lowest BCUT2D eigenvalue weighted by atomic mass is 10.0. The molecule has 180 valence electrons. The molecule has 0 spiro atoms. The van der Waals surface area contributed by atoms with Gasteiger partial charge in [0.05, 0.1) is 28.0 Å². The molecule has 2 heterocycles. The number of aryl methyl sites for hydroxylation is 1. The van der Waals surface area contributed by atoms with Crippen LogP contribution in [0.5, 0.6) is 0 Å². The van der Waals surface area contributed by atoms with Crippen molar-refractivity contribution >= 4 is 45.8 Å². The highest BCUT2D eigenvalue weighted by molar-refractivity contribution is 6.08. The number of allylic oxidation sites excluding steroid dienone is 1. The molecule has 2 aromatic carbocycles. The number of benzene rings is 2. The maximum atomic E-state index is 13.2. The molecule has 0 saturated carbocycles. The maximum Gasteiger partial charge on any atom is 0.339 e. The van der Waals surface area contributed by atoms with Gasteiger partial charge in [0, 0.05) is 23.2 Å². The second kappa shape index (κ2) is 9.46. The fourth-order valence-electron chi connectivity index (χ4n) is 4.35. The predicted octanol–water partition coefficient (Wildman–Crippen LogP) is 5.33. The van der Waals surface area contributed by atoms with Gasteiger partial charge in [-0.3, -0.25) is 14.9 Å². The minimum Gasteiger partial charge on any atom is -0.465 e. The van der Waals surface area contributed by atoms with Crippen LogP contribution in [0.1, 0.15) is 39.4 Å². The van der Waals surface area contributed by atoms with Crippen LogP contribution in [0.2, 0.25) is 0 Å². The number of rotatable bonds is 6. The molecule has 0 radical (unpaired) electrons. The Morgan fingerprint density at radius 1 is 1.17 bits per heavy atom. The Morgan fingerprint density at radius 3 is 2.75 bits per heavy atom. The van der Waals surface area contributed by atoms with E-state index < -0.39 is 23.4 Å². The Kier molecular flexibility index (Phi) is 6.03. The number of para-hydroxylation sites is 1. The fourth-order valence-corrected chi connectivity index (χ4v) is 4.35. The van der Waals surface area contributed by atoms with Gasteiger partial charge in [-0.05, 0) is 66.8 Å². The normalized spacial score (nSPS) is 13.5. The first kappa shape index (κ1) is 23.0. The molecule has 9 heteroatoms. The molecule has 0 fully saturated rings. The molecule has 9 nitrogen and oxygen atoms in total. The number of carbonyl (C=O) groups is 2. The zero-order valence-electron chi connectivity index (χ0n) is 19.3. The largest absolute Gasteiger partial charge is 0.465 e. The molecule has 0 atom stereocenters. The number of anilines is 1. The summed E-state index contributed by atoms with van der Waals surface area (Å²) in [6.45, 7) is 1.14. The third-order valence-electron chi connectivity index (χ3n) is 6.03. The molecule has 36 heavy (non-hydrogen) atoms. The van der Waals surface area contributed by atoms with E-state index in [1.165, 1.54) is 18.2 Å². The van der Waals surface area contributed by atoms with Crippen LogP contribution < -0.4 is 5.32 Å². The SMILES string of the molecule is Cc1cc([N+](=O)[O-])ccc1NC(=O)COC(=O)c1c2c(nc3ccccc13)/C(=C\c1ccco1)CC2. The third-order valence-corrected chi connectivity index (χ3v) is 6.03. The average Bonchev–Trinajstić information content (AvgIpc) is 3.52. The smallest absolute Gasteiger partial charge is 0.339 e. The molecule has 1 amide bonds. The summed E-state index contributed by atoms with van der Waals surface area (Å²) in [5.41, 5.74) is 4.38. The molecule has 0 bridgehead atoms. The van der Waals surface area contributed by atoms with Crippen LogP contribution >= 0.6 is 0 Å². The van der Waals surface area contributed by atoms with Crippen molar-refractivity contribution in [1.29, 1.82) is 0 Å². The van der Waals surface area contributed by atoms with Crippen LogP contribution in [-0.2, 0) is 16.0 Å². The topological polar surface area (TPSA) is 125 Å². The molecule has 1 aliphatic carbocycles. The number of fused-ring (bicyclic) bond motifs is 2. The van der Waals surface area contributed by atoms with Crippen molar-refractivity contribution in [2.45, 2.75) is 19.8 Å². The monoisotopic (exact) mass is 483 g/mol. The molecule has 0 unspecified atom stereocenters. The Labute approximate surface area is 205 Å². The summed E-state index contributed by atoms with van der Waals surface area (Å²) in [5, 5.41) is 14.2. The number of non-ortho nitro benzene ring substituents is 1. The number of nitrogens with zero attached hydrogens (tertiary/aromatic N) is 2. The molecule has 5 rings (SSSR count). The number of aromatic nitrogens is 1. The second-order valence-electron chi connectivity index (χ2n) is 8.40. The van der Waals surface area contributed by atoms with Gasteiger partial charge >= 0.3 is 5.97 Å². The highest BCUT2D eigenvalue weighted by atomic mass is 16.6. The molecule has 0 aliphatic heterocycles. The summed E-state index contributed by atoms with van der Waals surface area (Å²) in [4.78, 5) is 40.9. The summed E-state index contributed by atoms with van der Waals surface area (Å²) in [5.74, 6) is -0.455. The van der Waals surface area contributed by atoms with Crippen LogP contribution in [0.3, 0.4) is 0 Å². The van der Waals surface area contributed by atoms with E-state index in [1.54, 1.807) is 13.2 Å². The first-order chi connectivity index (χ1) is 17.4. The fraction of sp³-hybridized carbons (Fsp3) is 0.148. The van der Waals surface area contributed by atoms with E-state index in [0.29, 0.717) is 46.3 Å². The minimum absolute atomic E-state index is 0.0733. The van der Waals surface area contributed by atoms with Gasteiger partial charge in [0.15, 0.2) is 6.61 Å². The number of esters is 1. The second-order valence-corrected chi connectivity index (χ2v) is 8.40. The van der Waals surface area contributed by atoms with Crippen molar-refractivity contribution in [3.8, 4) is 0 Å². The van der Waals surface area contributed by atoms with Crippen molar-refractivity contribution < 1.29 is 23.7 Å². The zero-order chi connectivity index (χ0) is 25.2. The van der Waals surface area contributed by atoms with Gasteiger partial charge in [-0.1, -0.05) is 18.2 Å². The molecule has 4 aromatic rings. The van der Waals surface area contributed by atoms with E-state index in [2.05, 4.69) is 5.32 Å². The van der Waals surface area contributed by atoms with E-state index in [4.69, 9.17) is 14.1 Å². The van der Waals surface area contributed by atoms with Gasteiger partial charge in [-0.2, -0.15) is 0 Å². The van der Waals surface area contributed by atoms with Crippen LogP contribution in [0.25, 0.3) is 22.6 Å². The Morgan fingerprint density at radius 2 is 2.00 bits per heavy atom. The molecule has 2 aromatic heterocycles. The molecule has 1 N–H and O–H groups in total. The van der Waals surface area contributed by atoms with E-state index >= 15 is 0 Å². The summed E-state index contributed by atoms with van der Waals surface area (Å²) < 4.78 is 10.9. The number of furan rings is 1. The van der Waals surface area contributed by atoms with Gasteiger partial charge in [0.25, 0.3) is 11.6 Å². The quantitative estimate of drug-likeness (QED) is 0.223. The van der Waals surface area contributed by atoms with E-state index in [1.807, 2.05) is 42.5 Å². The molecule has 0 saturated heterocycles. The summed E-state index contributed by atoms with van der Waals surface area (Å²) in [6, 6.07) is 15.1. The number of nitro benzene ring substituents is 1. The van der Waals surface area contributed by atoms with Crippen molar-refractivity contribution in [3.63, 3.8) is 0 Å². The van der Waals surface area contributed by atoms with Crippen LogP contribution in [0.15, 0.2) is 65.3 Å². The summed E-state index contributed by atoms with van der Waals surface area (Å²) in [7, 11) is 0. The summed E-state index contributed by atoms with van der Waals surface area (Å²) in [6.07, 6.45) is 4.82. The first-order valence-electron chi connectivity index (χ1n) is 11.3.